The van der Waals surface area contributed by atoms with Gasteiger partial charge in [-0.1, -0.05) is 6.92 Å². The molecule has 2 atom stereocenters. The van der Waals surface area contributed by atoms with Gasteiger partial charge in [-0.3, -0.25) is 9.69 Å². The molecule has 2 aliphatic heterocycles. The van der Waals surface area contributed by atoms with Crippen LogP contribution in [0.3, 0.4) is 0 Å². The molecule has 2 heterocycles. The van der Waals surface area contributed by atoms with E-state index >= 15 is 0 Å². The van der Waals surface area contributed by atoms with E-state index in [-0.39, 0.29) is 12.0 Å². The third-order valence-electron chi connectivity index (χ3n) is 3.88. The Morgan fingerprint density at radius 3 is 2.62 bits per heavy atom. The zero-order chi connectivity index (χ0) is 11.5. The molecule has 16 heavy (non-hydrogen) atoms. The molecule has 2 unspecified atom stereocenters. The van der Waals surface area contributed by atoms with Gasteiger partial charge in [0.05, 0.1) is 0 Å². The summed E-state index contributed by atoms with van der Waals surface area (Å²) >= 11 is 0. The van der Waals surface area contributed by atoms with Crippen LogP contribution in [0.5, 0.6) is 0 Å². The van der Waals surface area contributed by atoms with E-state index in [9.17, 15) is 9.90 Å². The molecular weight excluding hydrogens is 206 g/mol. The van der Waals surface area contributed by atoms with E-state index in [1.54, 1.807) is 0 Å². The molecule has 0 aromatic heterocycles. The van der Waals surface area contributed by atoms with Crippen molar-refractivity contribution >= 4 is 5.97 Å². The molecule has 0 aromatic carbocycles. The first-order valence-corrected chi connectivity index (χ1v) is 6.26. The van der Waals surface area contributed by atoms with Crippen molar-refractivity contribution in [3.63, 3.8) is 0 Å². The highest BCUT2D eigenvalue weighted by molar-refractivity contribution is 5.74. The molecular formula is C12H21NO3. The molecule has 2 aliphatic rings. The topological polar surface area (TPSA) is 49.8 Å². The fourth-order valence-corrected chi connectivity index (χ4v) is 3.03. The van der Waals surface area contributed by atoms with Gasteiger partial charge in [0.1, 0.15) is 6.04 Å². The molecule has 0 spiro atoms. The van der Waals surface area contributed by atoms with Crippen molar-refractivity contribution in [2.75, 3.05) is 19.8 Å². The maximum Gasteiger partial charge on any atom is 0.321 e. The van der Waals surface area contributed by atoms with Gasteiger partial charge >= 0.3 is 5.97 Å². The van der Waals surface area contributed by atoms with Gasteiger partial charge in [-0.25, -0.2) is 0 Å². The number of likely N-dealkylation sites (tertiary alicyclic amines) is 1. The van der Waals surface area contributed by atoms with Crippen LogP contribution in [0, 0.1) is 5.92 Å². The van der Waals surface area contributed by atoms with Crippen LogP contribution in [0.15, 0.2) is 0 Å². The second-order valence-corrected chi connectivity index (χ2v) is 4.98. The SMILES string of the molecule is CC1CCCN(C2CCOCC2)C1C(=O)O. The predicted octanol–water partition coefficient (Wildman–Crippen LogP) is 1.35. The Labute approximate surface area is 96.6 Å². The summed E-state index contributed by atoms with van der Waals surface area (Å²) < 4.78 is 5.34. The van der Waals surface area contributed by atoms with Crippen molar-refractivity contribution in [1.82, 2.24) is 4.90 Å². The lowest BCUT2D eigenvalue weighted by molar-refractivity contribution is -0.149. The standard InChI is InChI=1S/C12H21NO3/c1-9-3-2-6-13(11(9)12(14)15)10-4-7-16-8-5-10/h9-11H,2-8H2,1H3,(H,14,15). The Hall–Kier alpha value is -0.610. The van der Waals surface area contributed by atoms with E-state index in [1.165, 1.54) is 0 Å². The third-order valence-corrected chi connectivity index (χ3v) is 3.88. The van der Waals surface area contributed by atoms with E-state index in [0.717, 1.165) is 45.4 Å². The van der Waals surface area contributed by atoms with Crippen LogP contribution in [0.1, 0.15) is 32.6 Å². The van der Waals surface area contributed by atoms with Crippen molar-refractivity contribution in [2.24, 2.45) is 5.92 Å². The number of carboxylic acid groups (broad SMARTS) is 1. The van der Waals surface area contributed by atoms with Crippen molar-refractivity contribution in [2.45, 2.75) is 44.7 Å². The highest BCUT2D eigenvalue weighted by Crippen LogP contribution is 2.28. The van der Waals surface area contributed by atoms with Gasteiger partial charge in [0, 0.05) is 19.3 Å². The van der Waals surface area contributed by atoms with Gasteiger partial charge in [-0.2, -0.15) is 0 Å². The Morgan fingerprint density at radius 2 is 2.00 bits per heavy atom. The average molecular weight is 227 g/mol. The average Bonchev–Trinajstić information content (AvgIpc) is 2.29. The van der Waals surface area contributed by atoms with Crippen molar-refractivity contribution in [3.8, 4) is 0 Å². The third kappa shape index (κ3) is 2.38. The number of piperidine rings is 1. The second-order valence-electron chi connectivity index (χ2n) is 4.98. The lowest BCUT2D eigenvalue weighted by atomic mass is 9.88. The van der Waals surface area contributed by atoms with E-state index in [1.807, 2.05) is 0 Å². The molecule has 4 nitrogen and oxygen atoms in total. The van der Waals surface area contributed by atoms with Gasteiger partial charge in [0.25, 0.3) is 0 Å². The lowest BCUT2D eigenvalue weighted by Crippen LogP contribution is -2.54. The predicted molar refractivity (Wildman–Crippen MR) is 60.4 cm³/mol. The van der Waals surface area contributed by atoms with Gasteiger partial charge in [0.15, 0.2) is 0 Å². The Bertz CT molecular complexity index is 251. The summed E-state index contributed by atoms with van der Waals surface area (Å²) in [6.07, 6.45) is 4.13. The van der Waals surface area contributed by atoms with Crippen LogP contribution < -0.4 is 0 Å². The van der Waals surface area contributed by atoms with Gasteiger partial charge < -0.3 is 9.84 Å². The van der Waals surface area contributed by atoms with Crippen LogP contribution in [0.2, 0.25) is 0 Å². The number of rotatable bonds is 2. The number of carboxylic acids is 1. The van der Waals surface area contributed by atoms with Crippen LogP contribution in [0.4, 0.5) is 0 Å². The molecule has 0 aliphatic carbocycles. The molecule has 4 heteroatoms. The number of ether oxygens (including phenoxy) is 1. The summed E-state index contributed by atoms with van der Waals surface area (Å²) in [5, 5.41) is 9.34. The zero-order valence-corrected chi connectivity index (χ0v) is 9.89. The summed E-state index contributed by atoms with van der Waals surface area (Å²) in [5.41, 5.74) is 0. The summed E-state index contributed by atoms with van der Waals surface area (Å²) in [7, 11) is 0. The van der Waals surface area contributed by atoms with Crippen molar-refractivity contribution < 1.29 is 14.6 Å². The minimum Gasteiger partial charge on any atom is -0.480 e. The Morgan fingerprint density at radius 1 is 1.31 bits per heavy atom. The molecule has 0 saturated carbocycles. The first-order valence-electron chi connectivity index (χ1n) is 6.26. The number of hydrogen-bond acceptors (Lipinski definition) is 3. The summed E-state index contributed by atoms with van der Waals surface area (Å²) in [6, 6.07) is 0.134. The molecule has 2 saturated heterocycles. The van der Waals surface area contributed by atoms with Crippen LogP contribution in [-0.2, 0) is 9.53 Å². The van der Waals surface area contributed by atoms with Crippen LogP contribution in [-0.4, -0.2) is 47.8 Å². The maximum atomic E-state index is 11.3. The summed E-state index contributed by atoms with van der Waals surface area (Å²) in [4.78, 5) is 13.6. The number of hydrogen-bond donors (Lipinski definition) is 1. The summed E-state index contributed by atoms with van der Waals surface area (Å²) in [6.45, 7) is 4.56. The van der Waals surface area contributed by atoms with E-state index in [0.29, 0.717) is 6.04 Å². The maximum absolute atomic E-state index is 11.3. The Balaban J connectivity index is 2.06. The lowest BCUT2D eigenvalue weighted by Gasteiger charge is -2.43. The number of carbonyl (C=O) groups is 1. The molecule has 2 fully saturated rings. The second kappa shape index (κ2) is 5.15. The molecule has 0 bridgehead atoms. The molecule has 1 N–H and O–H groups in total. The van der Waals surface area contributed by atoms with Crippen molar-refractivity contribution in [1.29, 1.82) is 0 Å². The molecule has 92 valence electrons. The summed E-state index contributed by atoms with van der Waals surface area (Å²) in [5.74, 6) is -0.382. The number of aliphatic carboxylic acids is 1. The first kappa shape index (κ1) is 11.9. The van der Waals surface area contributed by atoms with E-state index in [2.05, 4.69) is 11.8 Å². The largest absolute Gasteiger partial charge is 0.480 e. The van der Waals surface area contributed by atoms with Crippen molar-refractivity contribution in [3.05, 3.63) is 0 Å². The smallest absolute Gasteiger partial charge is 0.321 e. The minimum absolute atomic E-state index is 0.272. The highest BCUT2D eigenvalue weighted by atomic mass is 16.5. The Kier molecular flexibility index (Phi) is 3.82. The molecule has 0 radical (unpaired) electrons. The van der Waals surface area contributed by atoms with Crippen LogP contribution in [0.25, 0.3) is 0 Å². The minimum atomic E-state index is -0.654. The van der Waals surface area contributed by atoms with E-state index < -0.39 is 5.97 Å². The normalized spacial score (nSPS) is 33.8. The number of nitrogens with zero attached hydrogens (tertiary/aromatic N) is 1. The quantitative estimate of drug-likeness (QED) is 0.773. The van der Waals surface area contributed by atoms with E-state index in [4.69, 9.17) is 4.74 Å². The molecule has 0 aromatic rings. The van der Waals surface area contributed by atoms with Gasteiger partial charge in [-0.05, 0) is 38.1 Å². The monoisotopic (exact) mass is 227 g/mol. The van der Waals surface area contributed by atoms with Gasteiger partial charge in [0.2, 0.25) is 0 Å². The zero-order valence-electron chi connectivity index (χ0n) is 9.89. The first-order chi connectivity index (χ1) is 7.70. The fraction of sp³-hybridized carbons (Fsp3) is 0.917. The highest BCUT2D eigenvalue weighted by Gasteiger charge is 2.38. The fourth-order valence-electron chi connectivity index (χ4n) is 3.03. The molecule has 0 amide bonds. The molecule has 2 rings (SSSR count). The van der Waals surface area contributed by atoms with Gasteiger partial charge in [-0.15, -0.1) is 0 Å². The van der Waals surface area contributed by atoms with Crippen LogP contribution >= 0.6 is 0 Å².